The number of fused-ring (bicyclic) bond motifs is 1. The molecule has 0 saturated carbocycles. The molecule has 3 aromatic rings. The van der Waals surface area contributed by atoms with Crippen LogP contribution in [0, 0.1) is 5.92 Å². The van der Waals surface area contributed by atoms with Crippen LogP contribution in [0.3, 0.4) is 0 Å². The lowest BCUT2D eigenvalue weighted by Crippen LogP contribution is -3.00. The largest absolute Gasteiger partial charge is 1.00 e. The number of hydrogen-bond donors (Lipinski definition) is 0. The second-order valence-electron chi connectivity index (χ2n) is 6.35. The third kappa shape index (κ3) is 4.34. The number of hydrogen-bond acceptors (Lipinski definition) is 1. The van der Waals surface area contributed by atoms with Crippen LogP contribution in [0.5, 0.6) is 0 Å². The van der Waals surface area contributed by atoms with Crippen LogP contribution in [-0.2, 0) is 7.05 Å². The first-order chi connectivity index (χ1) is 11.6. The Bertz CT molecular complexity index is 911. The highest BCUT2D eigenvalue weighted by Crippen LogP contribution is 2.14. The summed E-state index contributed by atoms with van der Waals surface area (Å²) in [6, 6.07) is 20.4. The van der Waals surface area contributed by atoms with Crippen LogP contribution in [0.4, 0.5) is 0 Å². The molecule has 3 heteroatoms. The van der Waals surface area contributed by atoms with Crippen molar-refractivity contribution in [3.63, 3.8) is 0 Å². The monoisotopic (exact) mass is 443 g/mol. The standard InChI is InChI=1S/C22H22NO.HI/c1-16(2)22(24)19-11-8-17(9-12-19)10-14-20-15-13-18-6-4-5-7-21(18)23(20)3;/h4-16H,1-3H3;1H/q+1;/p-1. The number of para-hydroxylation sites is 1. The Morgan fingerprint density at radius 2 is 1.60 bits per heavy atom. The summed E-state index contributed by atoms with van der Waals surface area (Å²) < 4.78 is 2.18. The van der Waals surface area contributed by atoms with Gasteiger partial charge in [-0.05, 0) is 23.8 Å². The van der Waals surface area contributed by atoms with E-state index in [0.717, 1.165) is 16.8 Å². The number of carbonyl (C=O) groups is 1. The molecule has 0 saturated heterocycles. The summed E-state index contributed by atoms with van der Waals surface area (Å²) in [6.07, 6.45) is 4.18. The number of carbonyl (C=O) groups excluding carboxylic acids is 1. The van der Waals surface area contributed by atoms with Gasteiger partial charge < -0.3 is 24.0 Å². The number of nitrogens with zero attached hydrogens (tertiary/aromatic N) is 1. The molecule has 0 aliphatic rings. The van der Waals surface area contributed by atoms with Crippen molar-refractivity contribution >= 4 is 28.8 Å². The first-order valence-corrected chi connectivity index (χ1v) is 8.26. The van der Waals surface area contributed by atoms with Gasteiger partial charge in [-0.25, -0.2) is 0 Å². The number of aryl methyl sites for hydroxylation is 1. The minimum Gasteiger partial charge on any atom is -1.00 e. The van der Waals surface area contributed by atoms with Crippen molar-refractivity contribution in [3.8, 4) is 0 Å². The molecule has 0 fully saturated rings. The molecule has 2 nitrogen and oxygen atoms in total. The summed E-state index contributed by atoms with van der Waals surface area (Å²) in [6.45, 7) is 3.85. The van der Waals surface area contributed by atoms with Gasteiger partial charge in [0.1, 0.15) is 7.05 Å². The average molecular weight is 443 g/mol. The molecule has 0 N–H and O–H groups in total. The van der Waals surface area contributed by atoms with Crippen molar-refractivity contribution in [2.45, 2.75) is 13.8 Å². The summed E-state index contributed by atoms with van der Waals surface area (Å²) in [5.74, 6) is 0.217. The summed E-state index contributed by atoms with van der Waals surface area (Å²) >= 11 is 0. The van der Waals surface area contributed by atoms with Crippen LogP contribution in [0.15, 0.2) is 60.7 Å². The second kappa shape index (κ2) is 8.39. The zero-order valence-electron chi connectivity index (χ0n) is 14.7. The molecule has 0 aliphatic heterocycles. The van der Waals surface area contributed by atoms with E-state index >= 15 is 0 Å². The fourth-order valence-electron chi connectivity index (χ4n) is 2.80. The fourth-order valence-corrected chi connectivity index (χ4v) is 2.80. The van der Waals surface area contributed by atoms with Gasteiger partial charge in [-0.15, -0.1) is 0 Å². The summed E-state index contributed by atoms with van der Waals surface area (Å²) in [4.78, 5) is 12.0. The van der Waals surface area contributed by atoms with Gasteiger partial charge in [0.15, 0.2) is 5.78 Å². The van der Waals surface area contributed by atoms with Gasteiger partial charge in [-0.1, -0.05) is 50.2 Å². The molecule has 0 bridgehead atoms. The number of aromatic nitrogens is 1. The Morgan fingerprint density at radius 3 is 2.28 bits per heavy atom. The van der Waals surface area contributed by atoms with E-state index in [1.165, 1.54) is 10.9 Å². The fraction of sp³-hybridized carbons (Fsp3) is 0.182. The van der Waals surface area contributed by atoms with Gasteiger partial charge in [-0.3, -0.25) is 4.79 Å². The van der Waals surface area contributed by atoms with Crippen molar-refractivity contribution in [1.29, 1.82) is 0 Å². The number of ketones is 1. The lowest BCUT2D eigenvalue weighted by atomic mass is 10.00. The van der Waals surface area contributed by atoms with Crippen LogP contribution in [0.25, 0.3) is 23.1 Å². The van der Waals surface area contributed by atoms with Gasteiger partial charge in [0.05, 0.1) is 0 Å². The molecule has 0 radical (unpaired) electrons. The molecule has 0 atom stereocenters. The van der Waals surface area contributed by atoms with E-state index in [0.29, 0.717) is 0 Å². The molecule has 0 unspecified atom stereocenters. The van der Waals surface area contributed by atoms with E-state index in [9.17, 15) is 4.79 Å². The molecule has 0 aliphatic carbocycles. The van der Waals surface area contributed by atoms with Gasteiger partial charge in [0, 0.05) is 35.1 Å². The highest BCUT2D eigenvalue weighted by atomic mass is 127. The predicted molar refractivity (Wildman–Crippen MR) is 99.7 cm³/mol. The number of benzene rings is 2. The molecule has 0 amide bonds. The SMILES string of the molecule is CC(C)C(=O)c1ccc(C=Cc2ccc3ccccc3[n+]2C)cc1.[I-]. The summed E-state index contributed by atoms with van der Waals surface area (Å²) in [5, 5.41) is 1.23. The van der Waals surface area contributed by atoms with Crippen LogP contribution < -0.4 is 28.5 Å². The number of pyridine rings is 1. The molecule has 3 rings (SSSR count). The Hall–Kier alpha value is -2.01. The predicted octanol–water partition coefficient (Wildman–Crippen LogP) is 1.68. The molecule has 25 heavy (non-hydrogen) atoms. The molecule has 128 valence electrons. The Kier molecular flexibility index (Phi) is 6.48. The maximum atomic E-state index is 12.0. The van der Waals surface area contributed by atoms with Crippen LogP contribution in [0.2, 0.25) is 0 Å². The Morgan fingerprint density at radius 1 is 0.920 bits per heavy atom. The molecule has 2 aromatic carbocycles. The molecular formula is C22H22INO. The van der Waals surface area contributed by atoms with Gasteiger partial charge in [-0.2, -0.15) is 4.57 Å². The lowest BCUT2D eigenvalue weighted by Gasteiger charge is -2.04. The van der Waals surface area contributed by atoms with Crippen molar-refractivity contribution in [2.24, 2.45) is 13.0 Å². The number of halogens is 1. The first kappa shape index (κ1) is 19.3. The maximum absolute atomic E-state index is 12.0. The highest BCUT2D eigenvalue weighted by Gasteiger charge is 2.10. The van der Waals surface area contributed by atoms with E-state index < -0.39 is 0 Å². The third-order valence-corrected chi connectivity index (χ3v) is 4.29. The highest BCUT2D eigenvalue weighted by molar-refractivity contribution is 5.97. The van der Waals surface area contributed by atoms with E-state index in [4.69, 9.17) is 0 Å². The van der Waals surface area contributed by atoms with Crippen molar-refractivity contribution in [3.05, 3.63) is 77.5 Å². The number of Topliss-reactive ketones (excluding diaryl/α,β-unsaturated/α-hetero) is 1. The molecule has 1 heterocycles. The molecule has 1 aromatic heterocycles. The smallest absolute Gasteiger partial charge is 0.212 e. The van der Waals surface area contributed by atoms with Crippen molar-refractivity contribution < 1.29 is 33.3 Å². The average Bonchev–Trinajstić information content (AvgIpc) is 2.61. The minimum absolute atomic E-state index is 0. The van der Waals surface area contributed by atoms with Crippen molar-refractivity contribution in [2.75, 3.05) is 0 Å². The van der Waals surface area contributed by atoms with E-state index in [1.807, 2.05) is 38.1 Å². The number of rotatable bonds is 4. The topological polar surface area (TPSA) is 20.9 Å². The molecular weight excluding hydrogens is 421 g/mol. The van der Waals surface area contributed by atoms with Gasteiger partial charge in [0.25, 0.3) is 0 Å². The van der Waals surface area contributed by atoms with E-state index in [2.05, 4.69) is 60.2 Å². The van der Waals surface area contributed by atoms with Crippen molar-refractivity contribution in [1.82, 2.24) is 0 Å². The van der Waals surface area contributed by atoms with E-state index in [1.54, 1.807) is 0 Å². The molecule has 0 spiro atoms. The van der Waals surface area contributed by atoms with E-state index in [-0.39, 0.29) is 35.7 Å². The lowest BCUT2D eigenvalue weighted by molar-refractivity contribution is -0.646. The normalized spacial score (nSPS) is 11.0. The van der Waals surface area contributed by atoms with Crippen LogP contribution in [0.1, 0.15) is 35.5 Å². The summed E-state index contributed by atoms with van der Waals surface area (Å²) in [7, 11) is 2.08. The van der Waals surface area contributed by atoms with Crippen LogP contribution in [-0.4, -0.2) is 5.78 Å². The maximum Gasteiger partial charge on any atom is 0.212 e. The minimum atomic E-state index is 0. The second-order valence-corrected chi connectivity index (χ2v) is 6.35. The van der Waals surface area contributed by atoms with Gasteiger partial charge >= 0.3 is 0 Å². The Labute approximate surface area is 166 Å². The third-order valence-electron chi connectivity index (χ3n) is 4.29. The zero-order valence-corrected chi connectivity index (χ0v) is 16.9. The summed E-state index contributed by atoms with van der Waals surface area (Å²) in [5.41, 5.74) is 4.20. The Balaban J connectivity index is 0.00000225. The van der Waals surface area contributed by atoms with Gasteiger partial charge in [0.2, 0.25) is 11.2 Å². The first-order valence-electron chi connectivity index (χ1n) is 8.26. The quantitative estimate of drug-likeness (QED) is 0.342. The van der Waals surface area contributed by atoms with Crippen LogP contribution >= 0.6 is 0 Å². The zero-order chi connectivity index (χ0) is 17.1.